The molecule has 5 rings (SSSR count). The number of aromatic nitrogens is 2. The van der Waals surface area contributed by atoms with Gasteiger partial charge in [0.05, 0.1) is 5.69 Å². The molecule has 0 N–H and O–H groups in total. The van der Waals surface area contributed by atoms with Crippen LogP contribution in [-0.2, 0) is 19.3 Å². The van der Waals surface area contributed by atoms with E-state index in [1.54, 1.807) is 12.1 Å². The normalized spacial score (nSPS) is 14.7. The molecule has 34 heavy (non-hydrogen) atoms. The third-order valence-electron chi connectivity index (χ3n) is 7.34. The molecule has 4 aromatic rings. The molecule has 4 heteroatoms. The van der Waals surface area contributed by atoms with Crippen LogP contribution in [0.4, 0.5) is 10.1 Å². The van der Waals surface area contributed by atoms with Gasteiger partial charge in [0, 0.05) is 37.1 Å². The highest BCUT2D eigenvalue weighted by Crippen LogP contribution is 2.27. The van der Waals surface area contributed by atoms with Crippen molar-refractivity contribution in [3.05, 3.63) is 101 Å². The van der Waals surface area contributed by atoms with Crippen LogP contribution in [0.1, 0.15) is 54.3 Å². The third kappa shape index (κ3) is 5.01. The van der Waals surface area contributed by atoms with E-state index < -0.39 is 0 Å². The van der Waals surface area contributed by atoms with E-state index in [0.29, 0.717) is 0 Å². The number of pyridine rings is 1. The molecule has 0 spiro atoms. The summed E-state index contributed by atoms with van der Waals surface area (Å²) < 4.78 is 15.4. The highest BCUT2D eigenvalue weighted by molar-refractivity contribution is 5.50. The van der Waals surface area contributed by atoms with Gasteiger partial charge in [-0.1, -0.05) is 31.2 Å². The Morgan fingerprint density at radius 3 is 2.35 bits per heavy atom. The van der Waals surface area contributed by atoms with Gasteiger partial charge in [-0.05, 0) is 98.0 Å². The Bertz CT molecular complexity index is 1230. The first kappa shape index (κ1) is 22.6. The van der Waals surface area contributed by atoms with Gasteiger partial charge in [-0.25, -0.2) is 9.37 Å². The number of halogens is 1. The Morgan fingerprint density at radius 1 is 0.941 bits per heavy atom. The van der Waals surface area contributed by atoms with Crippen molar-refractivity contribution in [1.29, 1.82) is 0 Å². The molecule has 0 aliphatic carbocycles. The van der Waals surface area contributed by atoms with Gasteiger partial charge in [-0.15, -0.1) is 0 Å². The average Bonchev–Trinajstić information content (AvgIpc) is 3.21. The summed E-state index contributed by atoms with van der Waals surface area (Å²) in [7, 11) is 0. The number of piperidine rings is 1. The summed E-state index contributed by atoms with van der Waals surface area (Å²) in [5, 5.41) is 0. The largest absolute Gasteiger partial charge is 0.372 e. The Kier molecular flexibility index (Phi) is 6.66. The summed E-state index contributed by atoms with van der Waals surface area (Å²) >= 11 is 0. The van der Waals surface area contributed by atoms with Crippen molar-refractivity contribution in [2.24, 2.45) is 5.92 Å². The topological polar surface area (TPSA) is 20.5 Å². The maximum absolute atomic E-state index is 13.1. The van der Waals surface area contributed by atoms with Gasteiger partial charge in [0.2, 0.25) is 0 Å². The zero-order valence-electron chi connectivity index (χ0n) is 20.3. The van der Waals surface area contributed by atoms with Gasteiger partial charge in [0.25, 0.3) is 0 Å². The first-order valence-corrected chi connectivity index (χ1v) is 12.6. The Morgan fingerprint density at radius 2 is 1.65 bits per heavy atom. The zero-order valence-corrected chi connectivity index (χ0v) is 20.3. The molecule has 0 amide bonds. The van der Waals surface area contributed by atoms with Gasteiger partial charge in [0.15, 0.2) is 0 Å². The summed E-state index contributed by atoms with van der Waals surface area (Å²) in [5.74, 6) is 0.606. The lowest BCUT2D eigenvalue weighted by Crippen LogP contribution is -2.33. The van der Waals surface area contributed by atoms with Crippen molar-refractivity contribution < 1.29 is 4.39 Å². The number of benzene rings is 2. The number of rotatable bonds is 7. The van der Waals surface area contributed by atoms with E-state index in [4.69, 9.17) is 4.98 Å². The van der Waals surface area contributed by atoms with Crippen LogP contribution in [0.5, 0.6) is 0 Å². The lowest BCUT2D eigenvalue weighted by Gasteiger charge is -2.33. The number of hydrogen-bond donors (Lipinski definition) is 0. The second-order valence-corrected chi connectivity index (χ2v) is 9.73. The average molecular weight is 456 g/mol. The molecule has 0 atom stereocenters. The predicted octanol–water partition coefficient (Wildman–Crippen LogP) is 6.78. The predicted molar refractivity (Wildman–Crippen MR) is 138 cm³/mol. The quantitative estimate of drug-likeness (QED) is 0.306. The fraction of sp³-hybridized carbons (Fsp3) is 0.367. The molecule has 2 aromatic heterocycles. The minimum absolute atomic E-state index is 0.150. The maximum atomic E-state index is 13.1. The molecule has 1 fully saturated rings. The van der Waals surface area contributed by atoms with Crippen LogP contribution in [-0.4, -0.2) is 22.5 Å². The van der Waals surface area contributed by atoms with Crippen molar-refractivity contribution >= 4 is 11.3 Å². The smallest absolute Gasteiger partial charge is 0.137 e. The summed E-state index contributed by atoms with van der Waals surface area (Å²) in [6.45, 7) is 6.53. The fourth-order valence-electron chi connectivity index (χ4n) is 5.24. The van der Waals surface area contributed by atoms with Crippen LogP contribution in [0.15, 0.2) is 66.9 Å². The summed E-state index contributed by atoms with van der Waals surface area (Å²) in [4.78, 5) is 7.38. The van der Waals surface area contributed by atoms with Crippen LogP contribution in [0.3, 0.4) is 0 Å². The number of anilines is 1. The number of nitrogens with zero attached hydrogens (tertiary/aromatic N) is 3. The Labute approximate surface area is 202 Å². The van der Waals surface area contributed by atoms with Crippen molar-refractivity contribution in [1.82, 2.24) is 9.38 Å². The molecule has 2 aromatic carbocycles. The molecule has 3 heterocycles. The molecule has 1 saturated heterocycles. The van der Waals surface area contributed by atoms with Crippen LogP contribution in [0, 0.1) is 18.7 Å². The van der Waals surface area contributed by atoms with Crippen LogP contribution >= 0.6 is 0 Å². The lowest BCUT2D eigenvalue weighted by molar-refractivity contribution is 0.382. The first-order chi connectivity index (χ1) is 16.6. The van der Waals surface area contributed by atoms with Gasteiger partial charge in [-0.3, -0.25) is 0 Å². The highest BCUT2D eigenvalue weighted by atomic mass is 19.1. The van der Waals surface area contributed by atoms with Gasteiger partial charge < -0.3 is 9.30 Å². The third-order valence-corrected chi connectivity index (χ3v) is 7.34. The van der Waals surface area contributed by atoms with Crippen LogP contribution in [0.2, 0.25) is 0 Å². The summed E-state index contributed by atoms with van der Waals surface area (Å²) in [6, 6.07) is 20.4. The zero-order chi connectivity index (χ0) is 23.5. The monoisotopic (exact) mass is 455 g/mol. The molecule has 1 aliphatic rings. The van der Waals surface area contributed by atoms with E-state index in [1.807, 2.05) is 12.1 Å². The molecule has 0 saturated carbocycles. The standard InChI is InChI=1S/C30H34FN3/c1-3-28-29(34-19-14-22(2)20-30(34)32-28)21-25-8-12-27(13-9-25)33-17-15-24(16-18-33)5-4-23-6-10-26(31)11-7-23/h6-14,19-20,24H,3-5,15-18,21H2,1-2H3. The van der Waals surface area contributed by atoms with Crippen molar-refractivity contribution in [2.45, 2.75) is 52.4 Å². The molecular formula is C30H34FN3. The van der Waals surface area contributed by atoms with Gasteiger partial charge in [0.1, 0.15) is 11.5 Å². The van der Waals surface area contributed by atoms with Crippen molar-refractivity contribution in [2.75, 3.05) is 18.0 Å². The SMILES string of the molecule is CCc1nc2cc(C)ccn2c1Cc1ccc(N2CCC(CCc3ccc(F)cc3)CC2)cc1. The molecule has 3 nitrogen and oxygen atoms in total. The van der Waals surface area contributed by atoms with E-state index in [2.05, 4.69) is 65.7 Å². The number of imidazole rings is 1. The summed E-state index contributed by atoms with van der Waals surface area (Å²) in [5.41, 5.74) is 8.68. The van der Waals surface area contributed by atoms with Crippen LogP contribution < -0.4 is 4.90 Å². The second-order valence-electron chi connectivity index (χ2n) is 9.73. The molecule has 0 unspecified atom stereocenters. The van der Waals surface area contributed by atoms with Crippen molar-refractivity contribution in [3.63, 3.8) is 0 Å². The number of hydrogen-bond acceptors (Lipinski definition) is 2. The van der Waals surface area contributed by atoms with Crippen molar-refractivity contribution in [3.8, 4) is 0 Å². The molecule has 1 aliphatic heterocycles. The number of aryl methyl sites for hydroxylation is 3. The van der Waals surface area contributed by atoms with E-state index >= 15 is 0 Å². The molecule has 176 valence electrons. The highest BCUT2D eigenvalue weighted by Gasteiger charge is 2.19. The summed E-state index contributed by atoms with van der Waals surface area (Å²) in [6.07, 6.45) is 8.69. The van der Waals surface area contributed by atoms with Gasteiger partial charge >= 0.3 is 0 Å². The molecule has 0 bridgehead atoms. The van der Waals surface area contributed by atoms with E-state index in [-0.39, 0.29) is 5.82 Å². The lowest BCUT2D eigenvalue weighted by atomic mass is 9.90. The minimum Gasteiger partial charge on any atom is -0.372 e. The Balaban J connectivity index is 1.18. The molecule has 0 radical (unpaired) electrons. The fourth-order valence-corrected chi connectivity index (χ4v) is 5.24. The minimum atomic E-state index is -0.150. The molecular weight excluding hydrogens is 421 g/mol. The van der Waals surface area contributed by atoms with E-state index in [9.17, 15) is 4.39 Å². The second kappa shape index (κ2) is 10.0. The first-order valence-electron chi connectivity index (χ1n) is 12.6. The van der Waals surface area contributed by atoms with E-state index in [1.165, 1.54) is 53.0 Å². The Hall–Kier alpha value is -3.14. The van der Waals surface area contributed by atoms with E-state index in [0.717, 1.165) is 43.9 Å². The number of fused-ring (bicyclic) bond motifs is 1. The van der Waals surface area contributed by atoms with Gasteiger partial charge in [-0.2, -0.15) is 0 Å². The maximum Gasteiger partial charge on any atom is 0.137 e. The van der Waals surface area contributed by atoms with Crippen LogP contribution in [0.25, 0.3) is 5.65 Å².